The maximum atomic E-state index is 6.80. The van der Waals surface area contributed by atoms with Crippen molar-refractivity contribution in [2.75, 3.05) is 0 Å². The second-order valence-electron chi connectivity index (χ2n) is 2.12. The zero-order valence-electron chi connectivity index (χ0n) is 6.18. The minimum absolute atomic E-state index is 0.738. The molecule has 5 heteroatoms. The molecule has 0 unspecified atom stereocenters. The van der Waals surface area contributed by atoms with Crippen LogP contribution in [0.25, 0.3) is 0 Å². The summed E-state index contributed by atoms with van der Waals surface area (Å²) >= 11 is 5.59. The Kier molecular flexibility index (Phi) is 4.21. The standard InChI is InChI=1S/C7H6BBrINO/c9-4-5-3-6(10)1-2-7(5)12-8-11/h1-3,11H,4H2. The Hall–Kier alpha value is 0.0949. The Morgan fingerprint density at radius 1 is 1.58 bits per heavy atom. The van der Waals surface area contributed by atoms with Gasteiger partial charge in [-0.2, -0.15) is 0 Å². The molecule has 12 heavy (non-hydrogen) atoms. The molecule has 1 N–H and O–H groups in total. The Morgan fingerprint density at radius 3 is 2.92 bits per heavy atom. The van der Waals surface area contributed by atoms with Crippen molar-refractivity contribution >= 4 is 45.8 Å². The predicted molar refractivity (Wildman–Crippen MR) is 60.9 cm³/mol. The van der Waals surface area contributed by atoms with Crippen molar-refractivity contribution in [3.8, 4) is 5.75 Å². The summed E-state index contributed by atoms with van der Waals surface area (Å²) in [5.74, 6) is 0.738. The van der Waals surface area contributed by atoms with Crippen LogP contribution in [0.5, 0.6) is 5.75 Å². The molecular weight excluding hydrogens is 332 g/mol. The van der Waals surface area contributed by atoms with Crippen LogP contribution in [-0.4, -0.2) is 7.27 Å². The van der Waals surface area contributed by atoms with Crippen LogP contribution in [0.15, 0.2) is 18.2 Å². The summed E-state index contributed by atoms with van der Waals surface area (Å²) in [6.07, 6.45) is 0. The van der Waals surface area contributed by atoms with E-state index in [0.717, 1.165) is 23.9 Å². The number of benzene rings is 1. The average molecular weight is 338 g/mol. The molecular formula is C7H6BBrINO. The van der Waals surface area contributed by atoms with E-state index >= 15 is 0 Å². The topological polar surface area (TPSA) is 33.1 Å². The first-order valence-corrected chi connectivity index (χ1v) is 5.48. The van der Waals surface area contributed by atoms with Crippen LogP contribution < -0.4 is 4.65 Å². The van der Waals surface area contributed by atoms with Crippen molar-refractivity contribution in [2.45, 2.75) is 5.33 Å². The molecule has 0 saturated carbocycles. The van der Waals surface area contributed by atoms with Crippen LogP contribution in [0.2, 0.25) is 0 Å². The van der Waals surface area contributed by atoms with E-state index in [0.29, 0.717) is 0 Å². The molecule has 0 heterocycles. The molecule has 0 bridgehead atoms. The zero-order valence-corrected chi connectivity index (χ0v) is 9.92. The number of rotatable bonds is 3. The van der Waals surface area contributed by atoms with Gasteiger partial charge in [0.25, 0.3) is 0 Å². The monoisotopic (exact) mass is 337 g/mol. The van der Waals surface area contributed by atoms with Crippen molar-refractivity contribution < 1.29 is 4.65 Å². The van der Waals surface area contributed by atoms with Gasteiger partial charge < -0.3 is 0 Å². The molecule has 0 atom stereocenters. The number of alkyl halides is 1. The summed E-state index contributed by atoms with van der Waals surface area (Å²) in [5.41, 5.74) is 1.06. The molecule has 0 amide bonds. The fourth-order valence-corrected chi connectivity index (χ4v) is 1.82. The summed E-state index contributed by atoms with van der Waals surface area (Å²) in [4.78, 5) is 0. The Balaban J connectivity index is 3.01. The van der Waals surface area contributed by atoms with Crippen LogP contribution in [-0.2, 0) is 5.33 Å². The fourth-order valence-electron chi connectivity index (χ4n) is 0.831. The Bertz CT molecular complexity index is 295. The van der Waals surface area contributed by atoms with Crippen molar-refractivity contribution in [2.24, 2.45) is 0 Å². The van der Waals surface area contributed by atoms with Gasteiger partial charge in [0.2, 0.25) is 0 Å². The predicted octanol–water partition coefficient (Wildman–Crippen LogP) is 2.95. The van der Waals surface area contributed by atoms with Crippen molar-refractivity contribution in [3.05, 3.63) is 27.3 Å². The number of hydrogen-bond acceptors (Lipinski definition) is 2. The normalized spacial score (nSPS) is 9.17. The van der Waals surface area contributed by atoms with E-state index in [4.69, 9.17) is 9.97 Å². The van der Waals surface area contributed by atoms with Gasteiger partial charge in [0, 0.05) is 0 Å². The van der Waals surface area contributed by atoms with E-state index in [-0.39, 0.29) is 0 Å². The number of hydrogen-bond donors (Lipinski definition) is 1. The Labute approximate surface area is 93.7 Å². The summed E-state index contributed by atoms with van der Waals surface area (Å²) < 4.78 is 6.16. The third-order valence-electron chi connectivity index (χ3n) is 1.35. The molecule has 0 spiro atoms. The van der Waals surface area contributed by atoms with Gasteiger partial charge in [0.05, 0.1) is 0 Å². The maximum absolute atomic E-state index is 6.80. The number of nitrogens with one attached hydrogen (secondary N) is 1. The molecule has 0 aliphatic rings. The van der Waals surface area contributed by atoms with Crippen molar-refractivity contribution in [3.63, 3.8) is 0 Å². The fraction of sp³-hybridized carbons (Fsp3) is 0.143. The van der Waals surface area contributed by atoms with Crippen molar-refractivity contribution in [1.82, 2.24) is 0 Å². The molecule has 2 nitrogen and oxygen atoms in total. The van der Waals surface area contributed by atoms with E-state index in [1.165, 1.54) is 3.57 Å². The van der Waals surface area contributed by atoms with Crippen LogP contribution >= 0.6 is 38.5 Å². The summed E-state index contributed by atoms with van der Waals surface area (Å²) in [5, 5.41) is 7.54. The molecule has 0 radical (unpaired) electrons. The quantitative estimate of drug-likeness (QED) is 0.513. The molecule has 0 saturated heterocycles. The van der Waals surface area contributed by atoms with E-state index < -0.39 is 0 Å². The average Bonchev–Trinajstić information content (AvgIpc) is 2.08. The first kappa shape index (κ1) is 10.2. The molecule has 0 aliphatic carbocycles. The first-order valence-electron chi connectivity index (χ1n) is 3.28. The molecule has 0 fully saturated rings. The minimum atomic E-state index is 0.738. The molecule has 1 aromatic carbocycles. The van der Waals surface area contributed by atoms with E-state index in [9.17, 15) is 0 Å². The summed E-state index contributed by atoms with van der Waals surface area (Å²) in [6.45, 7) is 0. The van der Waals surface area contributed by atoms with Gasteiger partial charge in [-0.1, -0.05) is 0 Å². The SMILES string of the molecule is N=BOc1ccc(I)cc1CBr. The third-order valence-corrected chi connectivity index (χ3v) is 2.63. The summed E-state index contributed by atoms with van der Waals surface area (Å²) in [6, 6.07) is 5.84. The molecule has 62 valence electrons. The van der Waals surface area contributed by atoms with Gasteiger partial charge in [0.15, 0.2) is 0 Å². The van der Waals surface area contributed by atoms with Gasteiger partial charge in [-0.3, -0.25) is 0 Å². The molecule has 1 aromatic rings. The van der Waals surface area contributed by atoms with Gasteiger partial charge in [0.1, 0.15) is 0 Å². The van der Waals surface area contributed by atoms with E-state index in [1.54, 1.807) is 0 Å². The van der Waals surface area contributed by atoms with Gasteiger partial charge in [-0.15, -0.1) is 0 Å². The van der Waals surface area contributed by atoms with Crippen molar-refractivity contribution in [1.29, 1.82) is 5.31 Å². The van der Waals surface area contributed by atoms with Gasteiger partial charge in [-0.25, -0.2) is 0 Å². The second-order valence-corrected chi connectivity index (χ2v) is 3.93. The first-order chi connectivity index (χ1) is 5.77. The van der Waals surface area contributed by atoms with E-state index in [1.807, 2.05) is 18.2 Å². The van der Waals surface area contributed by atoms with E-state index in [2.05, 4.69) is 38.5 Å². The van der Waals surface area contributed by atoms with Gasteiger partial charge >= 0.3 is 94.2 Å². The number of halogens is 2. The molecule has 1 rings (SSSR count). The molecule has 0 aliphatic heterocycles. The van der Waals surface area contributed by atoms with Crippen LogP contribution in [0.3, 0.4) is 0 Å². The zero-order chi connectivity index (χ0) is 8.97. The summed E-state index contributed by atoms with van der Waals surface area (Å²) in [7, 11) is 0.939. The van der Waals surface area contributed by atoms with Crippen LogP contribution in [0.1, 0.15) is 5.56 Å². The van der Waals surface area contributed by atoms with Crippen LogP contribution in [0, 0.1) is 8.88 Å². The Morgan fingerprint density at radius 2 is 2.33 bits per heavy atom. The van der Waals surface area contributed by atoms with Crippen LogP contribution in [0.4, 0.5) is 0 Å². The molecule has 0 aromatic heterocycles. The second kappa shape index (κ2) is 4.96. The third kappa shape index (κ3) is 2.55. The van der Waals surface area contributed by atoms with Gasteiger partial charge in [-0.05, 0) is 0 Å².